The second-order valence-electron chi connectivity index (χ2n) is 6.77. The second kappa shape index (κ2) is 7.51. The molecule has 3 heteroatoms. The van der Waals surface area contributed by atoms with Gasteiger partial charge in [-0.3, -0.25) is 4.90 Å². The minimum Gasteiger partial charge on any atom is -0.399 e. The van der Waals surface area contributed by atoms with Gasteiger partial charge in [-0.05, 0) is 60.7 Å². The zero-order chi connectivity index (χ0) is 16.1. The van der Waals surface area contributed by atoms with Crippen LogP contribution >= 0.6 is 0 Å². The van der Waals surface area contributed by atoms with E-state index in [0.717, 1.165) is 30.4 Å². The molecular formula is C20H27N3. The van der Waals surface area contributed by atoms with E-state index in [0.29, 0.717) is 0 Å². The van der Waals surface area contributed by atoms with E-state index in [1.165, 1.54) is 37.1 Å². The first-order valence-electron chi connectivity index (χ1n) is 8.58. The maximum atomic E-state index is 5.71. The van der Waals surface area contributed by atoms with Gasteiger partial charge < -0.3 is 11.1 Å². The number of benzene rings is 2. The van der Waals surface area contributed by atoms with Gasteiger partial charge in [-0.2, -0.15) is 0 Å². The smallest absolute Gasteiger partial charge is 0.0400 e. The van der Waals surface area contributed by atoms with E-state index in [-0.39, 0.29) is 0 Å². The molecule has 0 saturated carbocycles. The second-order valence-corrected chi connectivity index (χ2v) is 6.77. The van der Waals surface area contributed by atoms with Crippen LogP contribution in [0.15, 0.2) is 48.5 Å². The maximum Gasteiger partial charge on any atom is 0.0400 e. The fourth-order valence-corrected chi connectivity index (χ4v) is 3.26. The number of nitrogens with zero attached hydrogens (tertiary/aromatic N) is 1. The van der Waals surface area contributed by atoms with Crippen molar-refractivity contribution >= 4 is 11.4 Å². The van der Waals surface area contributed by atoms with Crippen LogP contribution < -0.4 is 11.1 Å². The van der Waals surface area contributed by atoms with Gasteiger partial charge in [0.2, 0.25) is 0 Å². The van der Waals surface area contributed by atoms with Crippen LogP contribution in [0.25, 0.3) is 0 Å². The third-order valence-corrected chi connectivity index (χ3v) is 4.58. The first-order chi connectivity index (χ1) is 11.2. The summed E-state index contributed by atoms with van der Waals surface area (Å²) in [5.41, 5.74) is 10.3. The van der Waals surface area contributed by atoms with Crippen LogP contribution in [-0.4, -0.2) is 18.0 Å². The Morgan fingerprint density at radius 3 is 2.43 bits per heavy atom. The molecule has 1 unspecified atom stereocenters. The molecule has 122 valence electrons. The van der Waals surface area contributed by atoms with Gasteiger partial charge in [0.1, 0.15) is 0 Å². The number of nitrogens with one attached hydrogen (secondary N) is 1. The van der Waals surface area contributed by atoms with Crippen molar-refractivity contribution in [2.75, 3.05) is 24.1 Å². The Morgan fingerprint density at radius 2 is 1.74 bits per heavy atom. The van der Waals surface area contributed by atoms with E-state index in [1.807, 2.05) is 12.1 Å². The lowest BCUT2D eigenvalue weighted by Gasteiger charge is -2.30. The lowest BCUT2D eigenvalue weighted by Crippen LogP contribution is -2.33. The van der Waals surface area contributed by atoms with Crippen LogP contribution in [0, 0.1) is 5.92 Å². The number of nitrogen functional groups attached to an aromatic ring is 1. The molecule has 0 amide bonds. The third kappa shape index (κ3) is 4.73. The summed E-state index contributed by atoms with van der Waals surface area (Å²) in [4.78, 5) is 2.57. The summed E-state index contributed by atoms with van der Waals surface area (Å²) in [6, 6.07) is 16.9. The number of anilines is 2. The normalized spacial score (nSPS) is 18.7. The van der Waals surface area contributed by atoms with E-state index in [9.17, 15) is 0 Å². The molecule has 1 aliphatic rings. The largest absolute Gasteiger partial charge is 0.399 e. The van der Waals surface area contributed by atoms with E-state index < -0.39 is 0 Å². The molecule has 0 spiro atoms. The van der Waals surface area contributed by atoms with Gasteiger partial charge in [-0.15, -0.1) is 0 Å². The zero-order valence-corrected chi connectivity index (χ0v) is 14.0. The molecule has 1 saturated heterocycles. The van der Waals surface area contributed by atoms with Gasteiger partial charge in [0.05, 0.1) is 0 Å². The summed E-state index contributed by atoms with van der Waals surface area (Å²) in [5, 5.41) is 3.46. The molecule has 1 fully saturated rings. The predicted molar refractivity (Wildman–Crippen MR) is 98.3 cm³/mol. The average molecular weight is 309 g/mol. The Morgan fingerprint density at radius 1 is 1.04 bits per heavy atom. The maximum absolute atomic E-state index is 5.71. The molecule has 2 aromatic carbocycles. The molecule has 23 heavy (non-hydrogen) atoms. The van der Waals surface area contributed by atoms with E-state index in [1.54, 1.807) is 0 Å². The van der Waals surface area contributed by atoms with Crippen LogP contribution in [0.4, 0.5) is 11.4 Å². The first kappa shape index (κ1) is 15.9. The van der Waals surface area contributed by atoms with Crippen molar-refractivity contribution in [3.63, 3.8) is 0 Å². The predicted octanol–water partition coefficient (Wildman–Crippen LogP) is 4.11. The highest BCUT2D eigenvalue weighted by Gasteiger charge is 2.15. The highest BCUT2D eigenvalue weighted by atomic mass is 15.1. The van der Waals surface area contributed by atoms with Gasteiger partial charge in [0, 0.05) is 31.0 Å². The van der Waals surface area contributed by atoms with E-state index in [2.05, 4.69) is 53.5 Å². The lowest BCUT2D eigenvalue weighted by atomic mass is 10.00. The zero-order valence-electron chi connectivity index (χ0n) is 14.0. The van der Waals surface area contributed by atoms with Crippen LogP contribution in [0.2, 0.25) is 0 Å². The van der Waals surface area contributed by atoms with Crippen molar-refractivity contribution in [3.05, 3.63) is 59.7 Å². The molecule has 1 aliphatic heterocycles. The quantitative estimate of drug-likeness (QED) is 0.817. The lowest BCUT2D eigenvalue weighted by molar-refractivity contribution is 0.176. The fourth-order valence-electron chi connectivity index (χ4n) is 3.26. The Bertz CT molecular complexity index is 604. The van der Waals surface area contributed by atoms with Crippen molar-refractivity contribution in [3.8, 4) is 0 Å². The molecule has 3 nitrogen and oxygen atoms in total. The highest BCUT2D eigenvalue weighted by molar-refractivity contribution is 5.46. The van der Waals surface area contributed by atoms with Gasteiger partial charge in [-0.1, -0.05) is 31.2 Å². The molecule has 3 N–H and O–H groups in total. The van der Waals surface area contributed by atoms with Crippen LogP contribution in [-0.2, 0) is 13.1 Å². The number of hydrogen-bond donors (Lipinski definition) is 2. The SMILES string of the molecule is CC1CCCN(Cc2ccc(NCc3ccc(N)cc3)cc2)C1. The molecular weight excluding hydrogens is 282 g/mol. The number of rotatable bonds is 5. The summed E-state index contributed by atoms with van der Waals surface area (Å²) in [5.74, 6) is 0.838. The Balaban J connectivity index is 1.51. The Kier molecular flexibility index (Phi) is 5.19. The van der Waals surface area contributed by atoms with Gasteiger partial charge in [0.15, 0.2) is 0 Å². The Hall–Kier alpha value is -2.00. The molecule has 0 radical (unpaired) electrons. The van der Waals surface area contributed by atoms with Crippen LogP contribution in [0.3, 0.4) is 0 Å². The average Bonchev–Trinajstić information content (AvgIpc) is 2.56. The molecule has 2 aromatic rings. The number of likely N-dealkylation sites (tertiary alicyclic amines) is 1. The van der Waals surface area contributed by atoms with Gasteiger partial charge >= 0.3 is 0 Å². The third-order valence-electron chi connectivity index (χ3n) is 4.58. The standard InChI is InChI=1S/C20H27N3/c1-16-3-2-12-23(14-16)15-18-6-10-20(11-7-18)22-13-17-4-8-19(21)9-5-17/h4-11,16,22H,2-3,12-15,21H2,1H3. The summed E-state index contributed by atoms with van der Waals surface area (Å²) in [7, 11) is 0. The van der Waals surface area contributed by atoms with Crippen molar-refractivity contribution in [1.29, 1.82) is 0 Å². The highest BCUT2D eigenvalue weighted by Crippen LogP contribution is 2.19. The van der Waals surface area contributed by atoms with Gasteiger partial charge in [0.25, 0.3) is 0 Å². The molecule has 1 heterocycles. The van der Waals surface area contributed by atoms with Gasteiger partial charge in [-0.25, -0.2) is 0 Å². The molecule has 0 aromatic heterocycles. The van der Waals surface area contributed by atoms with Crippen molar-refractivity contribution in [2.45, 2.75) is 32.9 Å². The molecule has 0 aliphatic carbocycles. The monoisotopic (exact) mass is 309 g/mol. The summed E-state index contributed by atoms with van der Waals surface area (Å²) < 4.78 is 0. The molecule has 1 atom stereocenters. The first-order valence-corrected chi connectivity index (χ1v) is 8.58. The Labute approximate surface area is 139 Å². The molecule has 0 bridgehead atoms. The summed E-state index contributed by atoms with van der Waals surface area (Å²) >= 11 is 0. The number of hydrogen-bond acceptors (Lipinski definition) is 3. The topological polar surface area (TPSA) is 41.3 Å². The van der Waals surface area contributed by atoms with Crippen LogP contribution in [0.1, 0.15) is 30.9 Å². The summed E-state index contributed by atoms with van der Waals surface area (Å²) in [6.07, 6.45) is 2.72. The number of piperidine rings is 1. The van der Waals surface area contributed by atoms with Crippen molar-refractivity contribution in [2.24, 2.45) is 5.92 Å². The fraction of sp³-hybridized carbons (Fsp3) is 0.400. The van der Waals surface area contributed by atoms with E-state index >= 15 is 0 Å². The van der Waals surface area contributed by atoms with Crippen LogP contribution in [0.5, 0.6) is 0 Å². The number of nitrogens with two attached hydrogens (primary N) is 1. The minimum atomic E-state index is 0.810. The van der Waals surface area contributed by atoms with Crippen molar-refractivity contribution in [1.82, 2.24) is 4.90 Å². The minimum absolute atomic E-state index is 0.810. The summed E-state index contributed by atoms with van der Waals surface area (Å²) in [6.45, 7) is 6.72. The van der Waals surface area contributed by atoms with E-state index in [4.69, 9.17) is 5.73 Å². The molecule has 3 rings (SSSR count). The van der Waals surface area contributed by atoms with Crippen molar-refractivity contribution < 1.29 is 0 Å².